The van der Waals surface area contributed by atoms with Crippen molar-refractivity contribution in [1.82, 2.24) is 5.32 Å². The van der Waals surface area contributed by atoms with Gasteiger partial charge in [-0.05, 0) is 24.3 Å². The molecule has 3 N–H and O–H groups in total. The molecule has 0 aliphatic carbocycles. The second-order valence-corrected chi connectivity index (χ2v) is 3.96. The van der Waals surface area contributed by atoms with Crippen LogP contribution in [0.25, 0.3) is 0 Å². The largest absolute Gasteiger partial charge is 0.497 e. The smallest absolute Gasteiger partial charge is 0.332 e. The van der Waals surface area contributed by atoms with Gasteiger partial charge in [-0.1, -0.05) is 0 Å². The summed E-state index contributed by atoms with van der Waals surface area (Å²) in [5.74, 6) is -0.497. The van der Waals surface area contributed by atoms with Crippen LogP contribution in [0.5, 0.6) is 11.5 Å². The lowest BCUT2D eigenvalue weighted by Gasteiger charge is -2.09. The van der Waals surface area contributed by atoms with E-state index in [-0.39, 0.29) is 19.6 Å². The van der Waals surface area contributed by atoms with Crippen LogP contribution in [0.4, 0.5) is 0 Å². The number of nitrogens with one attached hydrogen (secondary N) is 1. The van der Waals surface area contributed by atoms with Gasteiger partial charge in [-0.3, -0.25) is 4.79 Å². The third kappa shape index (κ3) is 5.57. The van der Waals surface area contributed by atoms with Crippen molar-refractivity contribution in [1.29, 1.82) is 0 Å². The molecule has 7 heteroatoms. The number of aliphatic hydroxyl groups excluding tert-OH is 1. The van der Waals surface area contributed by atoms with Gasteiger partial charge in [-0.25, -0.2) is 4.79 Å². The van der Waals surface area contributed by atoms with Crippen LogP contribution in [-0.2, 0) is 9.59 Å². The summed E-state index contributed by atoms with van der Waals surface area (Å²) < 4.78 is 10.2. The highest BCUT2D eigenvalue weighted by Gasteiger charge is 2.12. The molecule has 0 fully saturated rings. The zero-order chi connectivity index (χ0) is 15.0. The van der Waals surface area contributed by atoms with Crippen LogP contribution in [0.15, 0.2) is 24.3 Å². The van der Waals surface area contributed by atoms with E-state index in [1.807, 2.05) is 0 Å². The molecule has 0 saturated heterocycles. The van der Waals surface area contributed by atoms with Gasteiger partial charge in [0.1, 0.15) is 11.5 Å². The number of aliphatic hydroxyl groups is 1. The summed E-state index contributed by atoms with van der Waals surface area (Å²) in [6, 6.07) is 6.74. The number of aliphatic carboxylic acids is 1. The molecule has 0 radical (unpaired) electrons. The summed E-state index contributed by atoms with van der Waals surface area (Å²) in [7, 11) is 1.55. The average molecular weight is 283 g/mol. The number of carbonyl (C=O) groups is 2. The van der Waals surface area contributed by atoms with Gasteiger partial charge in [0.2, 0.25) is 0 Å². The number of ether oxygens (including phenoxy) is 2. The fourth-order valence-corrected chi connectivity index (χ4v) is 1.34. The molecule has 0 heterocycles. The van der Waals surface area contributed by atoms with Crippen LogP contribution in [0.3, 0.4) is 0 Å². The van der Waals surface area contributed by atoms with Crippen molar-refractivity contribution in [3.63, 3.8) is 0 Å². The molecule has 0 unspecified atom stereocenters. The van der Waals surface area contributed by atoms with Gasteiger partial charge in [0.25, 0.3) is 5.91 Å². The second-order valence-electron chi connectivity index (χ2n) is 3.96. The quantitative estimate of drug-likeness (QED) is 0.621. The number of rotatable bonds is 8. The number of methoxy groups -OCH3 is 1. The zero-order valence-electron chi connectivity index (χ0n) is 11.0. The van der Waals surface area contributed by atoms with E-state index in [1.165, 1.54) is 0 Å². The Kier molecular flexibility index (Phi) is 6.31. The van der Waals surface area contributed by atoms with Gasteiger partial charge < -0.3 is 25.0 Å². The van der Waals surface area contributed by atoms with E-state index < -0.39 is 18.0 Å². The Balaban J connectivity index is 2.23. The standard InChI is InChI=1S/C13H17NO6/c1-19-9-2-4-10(5-3-9)20-8-12(16)14-7-6-11(15)13(17)18/h2-5,11,15H,6-8H2,1H3,(H,14,16)(H,17,18)/t11-/m0/s1. The topological polar surface area (TPSA) is 105 Å². The first-order valence-electron chi connectivity index (χ1n) is 5.97. The lowest BCUT2D eigenvalue weighted by molar-refractivity contribution is -0.147. The summed E-state index contributed by atoms with van der Waals surface area (Å²) >= 11 is 0. The van der Waals surface area contributed by atoms with Crippen LogP contribution in [0.2, 0.25) is 0 Å². The van der Waals surface area contributed by atoms with Crippen molar-refractivity contribution in [2.24, 2.45) is 0 Å². The lowest BCUT2D eigenvalue weighted by atomic mass is 10.2. The monoisotopic (exact) mass is 283 g/mol. The number of hydrogen-bond donors (Lipinski definition) is 3. The van der Waals surface area contributed by atoms with E-state index in [9.17, 15) is 9.59 Å². The summed E-state index contributed by atoms with van der Waals surface area (Å²) in [5, 5.41) is 19.9. The Morgan fingerprint density at radius 1 is 1.25 bits per heavy atom. The van der Waals surface area contributed by atoms with Crippen LogP contribution < -0.4 is 14.8 Å². The summed E-state index contributed by atoms with van der Waals surface area (Å²) in [6.07, 6.45) is -1.53. The predicted octanol–water partition coefficient (Wildman–Crippen LogP) is 0.0258. The van der Waals surface area contributed by atoms with E-state index in [4.69, 9.17) is 19.7 Å². The molecule has 0 aliphatic rings. The molecule has 1 atom stereocenters. The van der Waals surface area contributed by atoms with Crippen molar-refractivity contribution in [3.8, 4) is 11.5 Å². The van der Waals surface area contributed by atoms with Crippen LogP contribution in [-0.4, -0.2) is 48.5 Å². The van der Waals surface area contributed by atoms with Crippen molar-refractivity contribution >= 4 is 11.9 Å². The lowest BCUT2D eigenvalue weighted by Crippen LogP contribution is -2.33. The zero-order valence-corrected chi connectivity index (χ0v) is 11.0. The Labute approximate surface area is 116 Å². The van der Waals surface area contributed by atoms with E-state index in [0.29, 0.717) is 11.5 Å². The van der Waals surface area contributed by atoms with Gasteiger partial charge in [0.05, 0.1) is 7.11 Å². The summed E-state index contributed by atoms with van der Waals surface area (Å²) in [4.78, 5) is 21.7. The number of carbonyl (C=O) groups excluding carboxylic acids is 1. The van der Waals surface area contributed by atoms with Gasteiger partial charge in [0, 0.05) is 13.0 Å². The maximum absolute atomic E-state index is 11.4. The molecule has 110 valence electrons. The fraction of sp³-hybridized carbons (Fsp3) is 0.385. The first-order valence-corrected chi connectivity index (χ1v) is 5.97. The minimum atomic E-state index is -1.47. The third-order valence-corrected chi connectivity index (χ3v) is 2.45. The molecule has 0 spiro atoms. The maximum Gasteiger partial charge on any atom is 0.332 e. The first kappa shape index (κ1) is 15.8. The summed E-state index contributed by atoms with van der Waals surface area (Å²) in [5.41, 5.74) is 0. The normalized spacial score (nSPS) is 11.5. The highest BCUT2D eigenvalue weighted by atomic mass is 16.5. The Bertz CT molecular complexity index is 445. The Morgan fingerprint density at radius 2 is 1.85 bits per heavy atom. The molecule has 1 aromatic rings. The first-order chi connectivity index (χ1) is 9.52. The van der Waals surface area contributed by atoms with Crippen LogP contribution >= 0.6 is 0 Å². The number of carboxylic acids is 1. The van der Waals surface area contributed by atoms with E-state index in [1.54, 1.807) is 31.4 Å². The molecule has 0 bridgehead atoms. The molecule has 20 heavy (non-hydrogen) atoms. The second kappa shape index (κ2) is 8.00. The summed E-state index contributed by atoms with van der Waals surface area (Å²) in [6.45, 7) is -0.117. The van der Waals surface area contributed by atoms with Crippen LogP contribution in [0, 0.1) is 0 Å². The molecule has 1 amide bonds. The predicted molar refractivity (Wildman–Crippen MR) is 69.8 cm³/mol. The fourth-order valence-electron chi connectivity index (χ4n) is 1.34. The molecule has 1 rings (SSSR count). The minimum absolute atomic E-state index is 0.0520. The van der Waals surface area contributed by atoms with Crippen molar-refractivity contribution < 1.29 is 29.3 Å². The number of amides is 1. The van der Waals surface area contributed by atoms with Crippen LogP contribution in [0.1, 0.15) is 6.42 Å². The van der Waals surface area contributed by atoms with Crippen molar-refractivity contribution in [2.45, 2.75) is 12.5 Å². The Hall–Kier alpha value is -2.28. The molecular weight excluding hydrogens is 266 g/mol. The van der Waals surface area contributed by atoms with Gasteiger partial charge in [-0.2, -0.15) is 0 Å². The van der Waals surface area contributed by atoms with Gasteiger partial charge >= 0.3 is 5.97 Å². The molecule has 0 aromatic heterocycles. The molecule has 0 aliphatic heterocycles. The molecule has 7 nitrogen and oxygen atoms in total. The number of hydrogen-bond acceptors (Lipinski definition) is 5. The number of benzene rings is 1. The SMILES string of the molecule is COc1ccc(OCC(=O)NCC[C@H](O)C(=O)O)cc1. The minimum Gasteiger partial charge on any atom is -0.497 e. The molecule has 0 saturated carbocycles. The van der Waals surface area contributed by atoms with Crippen molar-refractivity contribution in [3.05, 3.63) is 24.3 Å². The van der Waals surface area contributed by atoms with Crippen molar-refractivity contribution in [2.75, 3.05) is 20.3 Å². The average Bonchev–Trinajstić information content (AvgIpc) is 2.45. The third-order valence-electron chi connectivity index (χ3n) is 2.45. The van der Waals surface area contributed by atoms with Gasteiger partial charge in [0.15, 0.2) is 12.7 Å². The maximum atomic E-state index is 11.4. The van der Waals surface area contributed by atoms with Gasteiger partial charge in [-0.15, -0.1) is 0 Å². The highest BCUT2D eigenvalue weighted by molar-refractivity contribution is 5.77. The molecule has 1 aromatic carbocycles. The van der Waals surface area contributed by atoms with E-state index in [2.05, 4.69) is 5.32 Å². The molecular formula is C13H17NO6. The van der Waals surface area contributed by atoms with E-state index in [0.717, 1.165) is 0 Å². The Morgan fingerprint density at radius 3 is 2.40 bits per heavy atom. The van der Waals surface area contributed by atoms with E-state index >= 15 is 0 Å². The highest BCUT2D eigenvalue weighted by Crippen LogP contribution is 2.16. The number of carboxylic acid groups (broad SMARTS) is 1.